The molecule has 0 aliphatic carbocycles. The van der Waals surface area contributed by atoms with Crippen molar-refractivity contribution in [3.8, 4) is 51.8 Å². The van der Waals surface area contributed by atoms with Crippen molar-refractivity contribution in [2.75, 3.05) is 0 Å². The first-order chi connectivity index (χ1) is 24.7. The molecule has 0 N–H and O–H groups in total. The van der Waals surface area contributed by atoms with Crippen LogP contribution in [0.3, 0.4) is 0 Å². The molecule has 0 atom stereocenters. The molecule has 0 unspecified atom stereocenters. The standard InChI is InChI=1S/C45H25N5/c46-26-29-16-22-42-39(23-29)37-11-2-4-13-41(37)50(42)43-14-6-8-34(28-48)45(43)32-19-17-31(18-20-32)33-7-5-9-35(25-33)49-40-12-3-1-10-36(40)38-21-15-30(27-47)24-44(38)49/h1-25H. The zero-order valence-corrected chi connectivity index (χ0v) is 26.7. The van der Waals surface area contributed by atoms with E-state index in [-0.39, 0.29) is 0 Å². The van der Waals surface area contributed by atoms with E-state index in [4.69, 9.17) is 0 Å². The second kappa shape index (κ2) is 11.4. The maximum atomic E-state index is 10.3. The van der Waals surface area contributed by atoms with Crippen molar-refractivity contribution in [1.29, 1.82) is 15.8 Å². The summed E-state index contributed by atoms with van der Waals surface area (Å²) in [6, 6.07) is 57.8. The van der Waals surface area contributed by atoms with E-state index >= 15 is 0 Å². The molecule has 0 saturated heterocycles. The second-order valence-electron chi connectivity index (χ2n) is 12.3. The van der Waals surface area contributed by atoms with Crippen molar-refractivity contribution in [2.45, 2.75) is 0 Å². The summed E-state index contributed by atoms with van der Waals surface area (Å²) in [5, 5.41) is 33.9. The van der Waals surface area contributed by atoms with E-state index in [1.807, 2.05) is 72.8 Å². The van der Waals surface area contributed by atoms with Crippen LogP contribution in [0.2, 0.25) is 0 Å². The number of fused-ring (bicyclic) bond motifs is 6. The van der Waals surface area contributed by atoms with Crippen LogP contribution in [0.25, 0.3) is 77.2 Å². The Hall–Kier alpha value is -7.39. The highest BCUT2D eigenvalue weighted by Gasteiger charge is 2.19. The average Bonchev–Trinajstić information content (AvgIpc) is 3.69. The molecule has 230 valence electrons. The minimum absolute atomic E-state index is 0.583. The Morgan fingerprint density at radius 1 is 0.380 bits per heavy atom. The third-order valence-electron chi connectivity index (χ3n) is 9.62. The van der Waals surface area contributed by atoms with Crippen molar-refractivity contribution in [3.05, 3.63) is 168 Å². The predicted molar refractivity (Wildman–Crippen MR) is 200 cm³/mol. The lowest BCUT2D eigenvalue weighted by molar-refractivity contribution is 1.18. The summed E-state index contributed by atoms with van der Waals surface area (Å²) in [6.07, 6.45) is 0. The molecule has 0 saturated carbocycles. The largest absolute Gasteiger partial charge is 0.309 e. The van der Waals surface area contributed by atoms with Gasteiger partial charge >= 0.3 is 0 Å². The lowest BCUT2D eigenvalue weighted by Crippen LogP contribution is -1.99. The molecule has 0 aliphatic heterocycles. The number of para-hydroxylation sites is 2. The van der Waals surface area contributed by atoms with Gasteiger partial charge in [0.25, 0.3) is 0 Å². The molecule has 9 aromatic rings. The summed E-state index contributed by atoms with van der Waals surface area (Å²) in [7, 11) is 0. The first-order valence-corrected chi connectivity index (χ1v) is 16.3. The topological polar surface area (TPSA) is 81.2 Å². The second-order valence-corrected chi connectivity index (χ2v) is 12.3. The Bertz CT molecular complexity index is 2960. The number of rotatable bonds is 4. The van der Waals surface area contributed by atoms with Crippen LogP contribution in [0.5, 0.6) is 0 Å². The van der Waals surface area contributed by atoms with Gasteiger partial charge in [0.15, 0.2) is 0 Å². The van der Waals surface area contributed by atoms with Crippen LogP contribution in [-0.2, 0) is 0 Å². The molecule has 50 heavy (non-hydrogen) atoms. The fraction of sp³-hybridized carbons (Fsp3) is 0. The molecule has 5 heteroatoms. The third kappa shape index (κ3) is 4.38. The van der Waals surface area contributed by atoms with Gasteiger partial charge in [-0.15, -0.1) is 0 Å². The van der Waals surface area contributed by atoms with Crippen LogP contribution in [0.1, 0.15) is 16.7 Å². The molecule has 2 aromatic heterocycles. The van der Waals surface area contributed by atoms with Gasteiger partial charge in [0, 0.05) is 32.8 Å². The zero-order chi connectivity index (χ0) is 33.8. The Morgan fingerprint density at radius 3 is 1.76 bits per heavy atom. The highest BCUT2D eigenvalue weighted by atomic mass is 15.0. The Labute approximate surface area is 287 Å². The first kappa shape index (κ1) is 28.8. The summed E-state index contributed by atoms with van der Waals surface area (Å²) in [4.78, 5) is 0. The summed E-state index contributed by atoms with van der Waals surface area (Å²) in [6.45, 7) is 0. The van der Waals surface area contributed by atoms with Crippen LogP contribution in [0.15, 0.2) is 152 Å². The van der Waals surface area contributed by atoms with Gasteiger partial charge in [0.1, 0.15) is 0 Å². The van der Waals surface area contributed by atoms with Gasteiger partial charge in [-0.1, -0.05) is 84.9 Å². The van der Waals surface area contributed by atoms with E-state index in [1.165, 1.54) is 0 Å². The smallest absolute Gasteiger partial charge is 0.0998 e. The fourth-order valence-electron chi connectivity index (χ4n) is 7.40. The number of benzene rings is 7. The summed E-state index contributed by atoms with van der Waals surface area (Å²) < 4.78 is 4.42. The number of nitriles is 3. The molecule has 2 heterocycles. The highest BCUT2D eigenvalue weighted by Crippen LogP contribution is 2.39. The lowest BCUT2D eigenvalue weighted by atomic mass is 9.95. The van der Waals surface area contributed by atoms with E-state index in [9.17, 15) is 15.8 Å². The molecule has 5 nitrogen and oxygen atoms in total. The molecule has 0 spiro atoms. The molecular formula is C45H25N5. The zero-order valence-electron chi connectivity index (χ0n) is 26.7. The molecule has 0 aliphatic rings. The SMILES string of the molecule is N#Cc1ccc2c(c1)c1ccccc1n2-c1cccc(C#N)c1-c1ccc(-c2cccc(-n3c4ccccc4c4ccc(C#N)cc43)c2)cc1. The molecule has 9 rings (SSSR count). The van der Waals surface area contributed by atoms with Gasteiger partial charge < -0.3 is 9.13 Å². The fourth-order valence-corrected chi connectivity index (χ4v) is 7.40. The number of nitrogens with zero attached hydrogens (tertiary/aromatic N) is 5. The van der Waals surface area contributed by atoms with Crippen LogP contribution in [0, 0.1) is 34.0 Å². The molecule has 0 amide bonds. The molecule has 0 fully saturated rings. The summed E-state index contributed by atoms with van der Waals surface area (Å²) in [5.41, 5.74) is 11.7. The predicted octanol–water partition coefficient (Wildman–Crippen LogP) is 10.8. The normalized spacial score (nSPS) is 11.1. The van der Waals surface area contributed by atoms with Gasteiger partial charge in [-0.2, -0.15) is 15.8 Å². The van der Waals surface area contributed by atoms with Gasteiger partial charge in [-0.05, 0) is 83.4 Å². The monoisotopic (exact) mass is 635 g/mol. The van der Waals surface area contributed by atoms with Gasteiger partial charge in [0.2, 0.25) is 0 Å². The molecule has 0 radical (unpaired) electrons. The van der Waals surface area contributed by atoms with Crippen molar-refractivity contribution in [3.63, 3.8) is 0 Å². The van der Waals surface area contributed by atoms with Crippen LogP contribution in [-0.4, -0.2) is 9.13 Å². The number of hydrogen-bond acceptors (Lipinski definition) is 3. The van der Waals surface area contributed by atoms with Crippen molar-refractivity contribution in [2.24, 2.45) is 0 Å². The van der Waals surface area contributed by atoms with Crippen molar-refractivity contribution >= 4 is 43.6 Å². The number of aromatic nitrogens is 2. The summed E-state index contributed by atoms with van der Waals surface area (Å²) >= 11 is 0. The maximum Gasteiger partial charge on any atom is 0.0998 e. The summed E-state index contributed by atoms with van der Waals surface area (Å²) in [5.74, 6) is 0. The average molecular weight is 636 g/mol. The maximum absolute atomic E-state index is 10.3. The highest BCUT2D eigenvalue weighted by molar-refractivity contribution is 6.11. The van der Waals surface area contributed by atoms with Crippen molar-refractivity contribution in [1.82, 2.24) is 9.13 Å². The van der Waals surface area contributed by atoms with E-state index in [0.29, 0.717) is 16.7 Å². The van der Waals surface area contributed by atoms with E-state index < -0.39 is 0 Å². The van der Waals surface area contributed by atoms with E-state index in [0.717, 1.165) is 77.2 Å². The Balaban J connectivity index is 1.18. The Kier molecular flexibility index (Phi) is 6.56. The first-order valence-electron chi connectivity index (χ1n) is 16.3. The third-order valence-corrected chi connectivity index (χ3v) is 9.62. The molecule has 0 bridgehead atoms. The number of hydrogen-bond donors (Lipinski definition) is 0. The minimum atomic E-state index is 0.583. The van der Waals surface area contributed by atoms with Crippen molar-refractivity contribution < 1.29 is 0 Å². The van der Waals surface area contributed by atoms with Gasteiger partial charge in [-0.25, -0.2) is 0 Å². The molecular weight excluding hydrogens is 611 g/mol. The quantitative estimate of drug-likeness (QED) is 0.193. The van der Waals surface area contributed by atoms with Crippen LogP contribution in [0.4, 0.5) is 0 Å². The van der Waals surface area contributed by atoms with Crippen LogP contribution < -0.4 is 0 Å². The van der Waals surface area contributed by atoms with Gasteiger partial charge in [-0.3, -0.25) is 0 Å². The van der Waals surface area contributed by atoms with E-state index in [1.54, 1.807) is 0 Å². The lowest BCUT2D eigenvalue weighted by Gasteiger charge is -2.16. The van der Waals surface area contributed by atoms with Crippen LogP contribution >= 0.6 is 0 Å². The van der Waals surface area contributed by atoms with E-state index in [2.05, 4.69) is 106 Å². The molecule has 7 aromatic carbocycles. The Morgan fingerprint density at radius 2 is 1.00 bits per heavy atom. The van der Waals surface area contributed by atoms with Gasteiger partial charge in [0.05, 0.1) is 62.7 Å². The minimum Gasteiger partial charge on any atom is -0.309 e.